The van der Waals surface area contributed by atoms with Crippen LogP contribution in [0.25, 0.3) is 0 Å². The van der Waals surface area contributed by atoms with Crippen LogP contribution < -0.4 is 5.32 Å². The summed E-state index contributed by atoms with van der Waals surface area (Å²) in [6.45, 7) is 4.54. The summed E-state index contributed by atoms with van der Waals surface area (Å²) >= 11 is 0.629. The van der Waals surface area contributed by atoms with Gasteiger partial charge in [0.2, 0.25) is 0 Å². The third kappa shape index (κ3) is 5.50. The summed E-state index contributed by atoms with van der Waals surface area (Å²) in [5, 5.41) is 3.50. The number of anilines is 1. The van der Waals surface area contributed by atoms with Crippen LogP contribution in [0.1, 0.15) is 46.0 Å². The largest absolute Gasteiger partial charge is 0.381 e. The van der Waals surface area contributed by atoms with Crippen LogP contribution in [-0.2, 0) is 0 Å². The van der Waals surface area contributed by atoms with Gasteiger partial charge in [-0.15, -0.1) is 0 Å². The molecule has 0 spiro atoms. The van der Waals surface area contributed by atoms with Gasteiger partial charge in [0, 0.05) is 16.6 Å². The van der Waals surface area contributed by atoms with E-state index in [0.717, 1.165) is 30.4 Å². The summed E-state index contributed by atoms with van der Waals surface area (Å²) in [5.74, 6) is -0.866. The van der Waals surface area contributed by atoms with Crippen molar-refractivity contribution in [3.8, 4) is 0 Å². The third-order valence-corrected chi connectivity index (χ3v) is 4.84. The molecule has 21 heavy (non-hydrogen) atoms. The van der Waals surface area contributed by atoms with E-state index in [1.807, 2.05) is 18.2 Å². The summed E-state index contributed by atoms with van der Waals surface area (Å²) in [6, 6.07) is 7.83. The summed E-state index contributed by atoms with van der Waals surface area (Å²) in [7, 11) is 0. The van der Waals surface area contributed by atoms with Gasteiger partial charge >= 0.3 is 0 Å². The average Bonchev–Trinajstić information content (AvgIpc) is 2.40. The predicted molar refractivity (Wildman–Crippen MR) is 87.1 cm³/mol. The lowest BCUT2D eigenvalue weighted by molar-refractivity contribution is 0.252. The van der Waals surface area contributed by atoms with E-state index in [9.17, 15) is 8.78 Å². The fourth-order valence-corrected chi connectivity index (χ4v) is 3.91. The number of halogens is 2. The smallest absolute Gasteiger partial charge is 0.288 e. The zero-order valence-corrected chi connectivity index (χ0v) is 13.6. The molecule has 0 radical (unpaired) electrons. The van der Waals surface area contributed by atoms with Crippen LogP contribution in [0, 0.1) is 11.8 Å². The van der Waals surface area contributed by atoms with Gasteiger partial charge in [0.25, 0.3) is 5.76 Å². The highest BCUT2D eigenvalue weighted by molar-refractivity contribution is 7.99. The first-order valence-electron chi connectivity index (χ1n) is 7.85. The first-order valence-corrected chi connectivity index (χ1v) is 8.73. The monoisotopic (exact) mass is 313 g/mol. The maximum Gasteiger partial charge on any atom is 0.288 e. The summed E-state index contributed by atoms with van der Waals surface area (Å²) in [4.78, 5) is 0.651. The Morgan fingerprint density at radius 1 is 1.24 bits per heavy atom. The normalized spacial score (nSPS) is 22.8. The zero-order valence-electron chi connectivity index (χ0n) is 12.8. The van der Waals surface area contributed by atoms with E-state index >= 15 is 0 Å². The molecule has 1 aliphatic rings. The number of alkyl halides is 2. The number of hydrogen-bond donors (Lipinski definition) is 1. The number of thioether (sulfide) groups is 1. The molecule has 0 heterocycles. The van der Waals surface area contributed by atoms with Crippen LogP contribution in [0.3, 0.4) is 0 Å². The number of nitrogens with one attached hydrogen (secondary N) is 1. The Bertz CT molecular complexity index is 437. The fourth-order valence-electron chi connectivity index (χ4n) is 3.31. The minimum Gasteiger partial charge on any atom is -0.381 e. The molecule has 0 aromatic heterocycles. The number of hydrogen-bond acceptors (Lipinski definition) is 2. The van der Waals surface area contributed by atoms with Crippen molar-refractivity contribution in [2.75, 3.05) is 5.32 Å². The van der Waals surface area contributed by atoms with E-state index in [2.05, 4.69) is 19.2 Å². The van der Waals surface area contributed by atoms with Gasteiger partial charge in [-0.1, -0.05) is 50.6 Å². The highest BCUT2D eigenvalue weighted by Gasteiger charge is 2.23. The molecule has 1 aliphatic carbocycles. The molecule has 118 valence electrons. The number of para-hydroxylation sites is 1. The molecule has 2 atom stereocenters. The first kappa shape index (κ1) is 16.6. The van der Waals surface area contributed by atoms with Gasteiger partial charge in [-0.2, -0.15) is 8.78 Å². The third-order valence-electron chi connectivity index (χ3n) is 4.05. The molecule has 2 rings (SSSR count). The van der Waals surface area contributed by atoms with Crippen molar-refractivity contribution >= 4 is 17.4 Å². The second-order valence-corrected chi connectivity index (χ2v) is 7.41. The molecule has 4 heteroatoms. The SMILES string of the molecule is CC(C)CC1CCCC(Nc2ccccc2SC(F)F)C1. The summed E-state index contributed by atoms with van der Waals surface area (Å²) < 4.78 is 25.2. The Labute approximate surface area is 130 Å². The van der Waals surface area contributed by atoms with E-state index < -0.39 is 5.76 Å². The van der Waals surface area contributed by atoms with Gasteiger partial charge in [-0.3, -0.25) is 0 Å². The molecular weight excluding hydrogens is 288 g/mol. The molecule has 1 N–H and O–H groups in total. The van der Waals surface area contributed by atoms with Crippen molar-refractivity contribution in [2.24, 2.45) is 11.8 Å². The standard InChI is InChI=1S/C17H25F2NS/c1-12(2)10-13-6-5-7-14(11-13)20-15-8-3-4-9-16(15)21-17(18)19/h3-4,8-9,12-14,17,20H,5-7,10-11H2,1-2H3. The van der Waals surface area contributed by atoms with Crippen molar-refractivity contribution < 1.29 is 8.78 Å². The van der Waals surface area contributed by atoms with Crippen LogP contribution in [0.15, 0.2) is 29.2 Å². The van der Waals surface area contributed by atoms with E-state index in [4.69, 9.17) is 0 Å². The number of rotatable bonds is 6. The van der Waals surface area contributed by atoms with Crippen LogP contribution in [-0.4, -0.2) is 11.8 Å². The van der Waals surface area contributed by atoms with E-state index in [0.29, 0.717) is 22.7 Å². The van der Waals surface area contributed by atoms with Crippen LogP contribution >= 0.6 is 11.8 Å². The molecule has 0 aliphatic heterocycles. The molecule has 0 bridgehead atoms. The van der Waals surface area contributed by atoms with Crippen molar-refractivity contribution in [1.82, 2.24) is 0 Å². The van der Waals surface area contributed by atoms with Crippen molar-refractivity contribution in [3.05, 3.63) is 24.3 Å². The highest BCUT2D eigenvalue weighted by atomic mass is 32.2. The average molecular weight is 313 g/mol. The lowest BCUT2D eigenvalue weighted by atomic mass is 9.81. The zero-order chi connectivity index (χ0) is 15.2. The maximum atomic E-state index is 12.6. The minimum absolute atomic E-state index is 0.418. The second kappa shape index (κ2) is 8.02. The van der Waals surface area contributed by atoms with Crippen molar-refractivity contribution in [3.63, 3.8) is 0 Å². The lowest BCUT2D eigenvalue weighted by Gasteiger charge is -2.31. The molecule has 1 nitrogen and oxygen atoms in total. The van der Waals surface area contributed by atoms with Gasteiger partial charge in [-0.05, 0) is 43.2 Å². The van der Waals surface area contributed by atoms with Gasteiger partial charge in [0.1, 0.15) is 0 Å². The second-order valence-electron chi connectivity index (χ2n) is 6.38. The minimum atomic E-state index is -2.37. The van der Waals surface area contributed by atoms with Crippen LogP contribution in [0.5, 0.6) is 0 Å². The van der Waals surface area contributed by atoms with Gasteiger partial charge < -0.3 is 5.32 Å². The first-order chi connectivity index (χ1) is 10.0. The molecule has 1 saturated carbocycles. The fraction of sp³-hybridized carbons (Fsp3) is 0.647. The highest BCUT2D eigenvalue weighted by Crippen LogP contribution is 2.35. The molecule has 0 saturated heterocycles. The van der Waals surface area contributed by atoms with E-state index in [1.165, 1.54) is 19.3 Å². The van der Waals surface area contributed by atoms with Gasteiger partial charge in [0.05, 0.1) is 0 Å². The maximum absolute atomic E-state index is 12.6. The van der Waals surface area contributed by atoms with Gasteiger partial charge in [0.15, 0.2) is 0 Å². The van der Waals surface area contributed by atoms with E-state index in [1.54, 1.807) is 6.07 Å². The molecule has 1 aromatic rings. The Hall–Kier alpha value is -0.770. The van der Waals surface area contributed by atoms with E-state index in [-0.39, 0.29) is 0 Å². The van der Waals surface area contributed by atoms with Crippen LogP contribution in [0.4, 0.5) is 14.5 Å². The molecule has 2 unspecified atom stereocenters. The molecule has 1 aromatic carbocycles. The quantitative estimate of drug-likeness (QED) is 0.645. The summed E-state index contributed by atoms with van der Waals surface area (Å²) in [5.41, 5.74) is 0.859. The molecular formula is C17H25F2NS. The van der Waals surface area contributed by atoms with Crippen molar-refractivity contribution in [2.45, 2.75) is 62.6 Å². The lowest BCUT2D eigenvalue weighted by Crippen LogP contribution is -2.28. The predicted octanol–water partition coefficient (Wildman–Crippen LogP) is 6.02. The summed E-state index contributed by atoms with van der Waals surface area (Å²) in [6.07, 6.45) is 6.11. The van der Waals surface area contributed by atoms with Crippen LogP contribution in [0.2, 0.25) is 0 Å². The molecule has 0 amide bonds. The Kier molecular flexibility index (Phi) is 6.34. The van der Waals surface area contributed by atoms with Crippen molar-refractivity contribution in [1.29, 1.82) is 0 Å². The molecule has 1 fully saturated rings. The Morgan fingerprint density at radius 3 is 2.71 bits per heavy atom. The Morgan fingerprint density at radius 2 is 2.00 bits per heavy atom. The Balaban J connectivity index is 1.97. The van der Waals surface area contributed by atoms with Gasteiger partial charge in [-0.25, -0.2) is 0 Å². The number of benzene rings is 1. The topological polar surface area (TPSA) is 12.0 Å².